The molecule has 1 N–H and O–H groups in total. The molecule has 0 radical (unpaired) electrons. The van der Waals surface area contributed by atoms with Crippen LogP contribution in [0.25, 0.3) is 11.0 Å². The van der Waals surface area contributed by atoms with Gasteiger partial charge >= 0.3 is 11.6 Å². The highest BCUT2D eigenvalue weighted by Crippen LogP contribution is 2.23. The number of fused-ring (bicyclic) bond motifs is 1. The number of aryl methyl sites for hydroxylation is 1. The Morgan fingerprint density at radius 3 is 2.27 bits per heavy atom. The summed E-state index contributed by atoms with van der Waals surface area (Å²) in [7, 11) is 2.97. The second-order valence-electron chi connectivity index (χ2n) is 7.99. The maximum Gasteiger partial charge on any atom is 0.336 e. The second-order valence-corrected chi connectivity index (χ2v) is 7.99. The van der Waals surface area contributed by atoms with Gasteiger partial charge in [0.15, 0.2) is 0 Å². The van der Waals surface area contributed by atoms with Gasteiger partial charge in [0.1, 0.15) is 29.7 Å². The van der Waals surface area contributed by atoms with Gasteiger partial charge < -0.3 is 23.9 Å². The Morgan fingerprint density at radius 1 is 1.00 bits per heavy atom. The maximum atomic E-state index is 12.9. The van der Waals surface area contributed by atoms with E-state index in [-0.39, 0.29) is 18.1 Å². The smallest absolute Gasteiger partial charge is 0.336 e. The van der Waals surface area contributed by atoms with Crippen molar-refractivity contribution in [2.24, 2.45) is 5.92 Å². The van der Waals surface area contributed by atoms with Gasteiger partial charge in [-0.2, -0.15) is 0 Å². The molecule has 1 amide bonds. The van der Waals surface area contributed by atoms with Crippen LogP contribution in [0.2, 0.25) is 0 Å². The Labute approximate surface area is 191 Å². The lowest BCUT2D eigenvalue weighted by molar-refractivity contribution is -0.148. The summed E-state index contributed by atoms with van der Waals surface area (Å²) < 4.78 is 21.1. The van der Waals surface area contributed by atoms with E-state index in [2.05, 4.69) is 5.32 Å². The lowest BCUT2D eigenvalue weighted by atomic mass is 10.0. The molecule has 1 atom stereocenters. The highest BCUT2D eigenvalue weighted by molar-refractivity contribution is 5.97. The number of amides is 1. The Hall–Kier alpha value is -3.81. The maximum absolute atomic E-state index is 12.9. The van der Waals surface area contributed by atoms with Crippen molar-refractivity contribution in [1.29, 1.82) is 0 Å². The molecule has 33 heavy (non-hydrogen) atoms. The molecule has 3 aromatic rings. The van der Waals surface area contributed by atoms with Gasteiger partial charge in [-0.05, 0) is 36.6 Å². The van der Waals surface area contributed by atoms with Gasteiger partial charge in [-0.1, -0.05) is 26.0 Å². The third-order valence-corrected chi connectivity index (χ3v) is 5.18. The molecule has 1 heterocycles. The van der Waals surface area contributed by atoms with E-state index in [0.717, 1.165) is 5.56 Å². The first-order valence-electron chi connectivity index (χ1n) is 10.5. The molecule has 8 nitrogen and oxygen atoms in total. The van der Waals surface area contributed by atoms with Crippen molar-refractivity contribution in [3.05, 3.63) is 69.6 Å². The number of nitrogens with one attached hydrogen (secondary N) is 1. The third kappa shape index (κ3) is 5.71. The average Bonchev–Trinajstić information content (AvgIpc) is 2.79. The lowest BCUT2D eigenvalue weighted by Gasteiger charge is -2.21. The van der Waals surface area contributed by atoms with E-state index < -0.39 is 23.5 Å². The number of carbonyl (C=O) groups excluding carboxylic acids is 2. The molecular formula is C25H27NO7. The number of rotatable bonds is 8. The Morgan fingerprint density at radius 2 is 1.67 bits per heavy atom. The SMILES string of the molecule is COc1cc(OC)cc(C(=O)N[C@@H](C(=O)OCc2cc(=O)oc3cc(C)ccc23)C(C)C)c1. The van der Waals surface area contributed by atoms with Gasteiger partial charge in [0, 0.05) is 28.6 Å². The van der Waals surface area contributed by atoms with Gasteiger partial charge in [0.2, 0.25) is 0 Å². The van der Waals surface area contributed by atoms with Crippen molar-refractivity contribution in [2.45, 2.75) is 33.4 Å². The minimum atomic E-state index is -0.900. The van der Waals surface area contributed by atoms with Crippen molar-refractivity contribution in [3.63, 3.8) is 0 Å². The Balaban J connectivity index is 1.77. The Kier molecular flexibility index (Phi) is 7.37. The summed E-state index contributed by atoms with van der Waals surface area (Å²) >= 11 is 0. The normalized spacial score (nSPS) is 11.8. The monoisotopic (exact) mass is 453 g/mol. The molecule has 2 aromatic carbocycles. The first kappa shape index (κ1) is 23.8. The zero-order valence-electron chi connectivity index (χ0n) is 19.3. The predicted octanol–water partition coefficient (Wildman–Crippen LogP) is 3.62. The number of esters is 1. The highest BCUT2D eigenvalue weighted by Gasteiger charge is 2.27. The summed E-state index contributed by atoms with van der Waals surface area (Å²) in [6.07, 6.45) is 0. The molecule has 174 valence electrons. The van der Waals surface area contributed by atoms with Gasteiger partial charge in [-0.15, -0.1) is 0 Å². The summed E-state index contributed by atoms with van der Waals surface area (Å²) in [5.74, 6) is -0.415. The van der Waals surface area contributed by atoms with E-state index in [0.29, 0.717) is 28.0 Å². The number of carbonyl (C=O) groups is 2. The second kappa shape index (κ2) is 10.2. The molecule has 0 fully saturated rings. The topological polar surface area (TPSA) is 104 Å². The van der Waals surface area contributed by atoms with E-state index in [9.17, 15) is 14.4 Å². The van der Waals surface area contributed by atoms with Crippen LogP contribution in [0.3, 0.4) is 0 Å². The molecule has 0 aliphatic heterocycles. The van der Waals surface area contributed by atoms with Crippen molar-refractivity contribution >= 4 is 22.8 Å². The van der Waals surface area contributed by atoms with Crippen LogP contribution in [0.4, 0.5) is 0 Å². The quantitative estimate of drug-likeness (QED) is 0.410. The zero-order chi connectivity index (χ0) is 24.1. The predicted molar refractivity (Wildman–Crippen MR) is 123 cm³/mol. The summed E-state index contributed by atoms with van der Waals surface area (Å²) in [6.45, 7) is 5.36. The molecule has 0 saturated heterocycles. The summed E-state index contributed by atoms with van der Waals surface area (Å²) in [5.41, 5.74) is 1.65. The lowest BCUT2D eigenvalue weighted by Crippen LogP contribution is -2.45. The third-order valence-electron chi connectivity index (χ3n) is 5.18. The van der Waals surface area contributed by atoms with Crippen molar-refractivity contribution in [1.82, 2.24) is 5.32 Å². The summed E-state index contributed by atoms with van der Waals surface area (Å²) in [6, 6.07) is 10.6. The van der Waals surface area contributed by atoms with Crippen LogP contribution < -0.4 is 20.4 Å². The molecule has 0 bridgehead atoms. The summed E-state index contributed by atoms with van der Waals surface area (Å²) in [4.78, 5) is 37.6. The first-order chi connectivity index (χ1) is 15.7. The van der Waals surface area contributed by atoms with Gasteiger partial charge in [0.05, 0.1) is 14.2 Å². The van der Waals surface area contributed by atoms with Crippen molar-refractivity contribution in [2.75, 3.05) is 14.2 Å². The van der Waals surface area contributed by atoms with Gasteiger partial charge in [-0.25, -0.2) is 9.59 Å². The molecule has 1 aromatic heterocycles. The molecule has 8 heteroatoms. The Bertz CT molecular complexity index is 1210. The van der Waals surface area contributed by atoms with E-state index in [1.165, 1.54) is 20.3 Å². The van der Waals surface area contributed by atoms with E-state index in [1.54, 1.807) is 38.1 Å². The van der Waals surface area contributed by atoms with E-state index >= 15 is 0 Å². The van der Waals surface area contributed by atoms with Crippen LogP contribution in [-0.4, -0.2) is 32.1 Å². The summed E-state index contributed by atoms with van der Waals surface area (Å²) in [5, 5.41) is 3.40. The molecule has 0 aliphatic carbocycles. The molecule has 3 rings (SSSR count). The standard InChI is InChI=1S/C25H27NO7/c1-14(2)23(26-24(28)16-9-18(30-4)12-19(10-16)31-5)25(29)32-13-17-11-22(27)33-21-8-15(3)6-7-20(17)21/h6-12,14,23H,13H2,1-5H3,(H,26,28)/t23-/m1/s1. The molecular weight excluding hydrogens is 426 g/mol. The van der Waals surface area contributed by atoms with Crippen molar-refractivity contribution < 1.29 is 28.2 Å². The number of hydrogen-bond donors (Lipinski definition) is 1. The molecule has 0 aliphatic rings. The van der Waals surface area contributed by atoms with Crippen LogP contribution in [0.1, 0.15) is 35.3 Å². The minimum Gasteiger partial charge on any atom is -0.497 e. The first-order valence-corrected chi connectivity index (χ1v) is 10.5. The van der Waals surface area contributed by atoms with Gasteiger partial charge in [0.25, 0.3) is 5.91 Å². The van der Waals surface area contributed by atoms with Gasteiger partial charge in [-0.3, -0.25) is 4.79 Å². The fourth-order valence-corrected chi connectivity index (χ4v) is 3.36. The van der Waals surface area contributed by atoms with E-state index in [1.807, 2.05) is 19.1 Å². The fourth-order valence-electron chi connectivity index (χ4n) is 3.36. The van der Waals surface area contributed by atoms with Crippen LogP contribution in [0.15, 0.2) is 51.7 Å². The van der Waals surface area contributed by atoms with Crippen molar-refractivity contribution in [3.8, 4) is 11.5 Å². The number of ether oxygens (including phenoxy) is 3. The molecule has 0 spiro atoms. The largest absolute Gasteiger partial charge is 0.497 e. The highest BCUT2D eigenvalue weighted by atomic mass is 16.5. The fraction of sp³-hybridized carbons (Fsp3) is 0.320. The van der Waals surface area contributed by atoms with E-state index in [4.69, 9.17) is 18.6 Å². The number of hydrogen-bond acceptors (Lipinski definition) is 7. The van der Waals surface area contributed by atoms with Crippen LogP contribution in [-0.2, 0) is 16.1 Å². The number of methoxy groups -OCH3 is 2. The number of benzene rings is 2. The molecule has 0 unspecified atom stereocenters. The molecule has 0 saturated carbocycles. The zero-order valence-corrected chi connectivity index (χ0v) is 19.3. The van der Waals surface area contributed by atoms with Crippen LogP contribution >= 0.6 is 0 Å². The minimum absolute atomic E-state index is 0.129. The van der Waals surface area contributed by atoms with Crippen LogP contribution in [0, 0.1) is 12.8 Å². The van der Waals surface area contributed by atoms with Crippen LogP contribution in [0.5, 0.6) is 11.5 Å². The average molecular weight is 453 g/mol.